The van der Waals surface area contributed by atoms with Crippen LogP contribution in [-0.4, -0.2) is 11.2 Å². The molecule has 1 aliphatic rings. The van der Waals surface area contributed by atoms with Gasteiger partial charge in [0.1, 0.15) is 0 Å². The van der Waals surface area contributed by atoms with Gasteiger partial charge in [0.15, 0.2) is 0 Å². The maximum Gasteiger partial charge on any atom is 0.0860 e. The second kappa shape index (κ2) is 3.03. The molecule has 1 aromatic rings. The molecule has 1 heterocycles. The lowest BCUT2D eigenvalue weighted by atomic mass is 10.3. The molecular formula is C9H8N2S. The van der Waals surface area contributed by atoms with Crippen molar-refractivity contribution in [3.8, 4) is 0 Å². The lowest BCUT2D eigenvalue weighted by Gasteiger charge is -2.04. The molecule has 0 amide bonds. The smallest absolute Gasteiger partial charge is 0.0860 e. The molecule has 0 spiro atoms. The lowest BCUT2D eigenvalue weighted by Crippen LogP contribution is -2.06. The zero-order valence-corrected chi connectivity index (χ0v) is 7.27. The van der Waals surface area contributed by atoms with Gasteiger partial charge >= 0.3 is 0 Å². The maximum atomic E-state index is 5.07. The van der Waals surface area contributed by atoms with Crippen molar-refractivity contribution in [2.75, 3.05) is 5.32 Å². The molecule has 60 valence electrons. The summed E-state index contributed by atoms with van der Waals surface area (Å²) in [5.74, 6) is 0. The average molecular weight is 176 g/mol. The highest BCUT2D eigenvalue weighted by atomic mass is 32.1. The molecule has 0 aromatic heterocycles. The third-order valence-corrected chi connectivity index (χ3v) is 1.95. The van der Waals surface area contributed by atoms with Gasteiger partial charge in [0.05, 0.1) is 16.4 Å². The Morgan fingerprint density at radius 1 is 1.33 bits per heavy atom. The first-order valence-electron chi connectivity index (χ1n) is 3.78. The van der Waals surface area contributed by atoms with Gasteiger partial charge in [-0.15, -0.1) is 0 Å². The Balaban J connectivity index is 2.48. The van der Waals surface area contributed by atoms with Crippen LogP contribution in [-0.2, 0) is 0 Å². The van der Waals surface area contributed by atoms with E-state index in [0.717, 1.165) is 22.8 Å². The summed E-state index contributed by atoms with van der Waals surface area (Å²) < 4.78 is 0. The van der Waals surface area contributed by atoms with Gasteiger partial charge in [-0.25, -0.2) is 0 Å². The molecule has 0 atom stereocenters. The van der Waals surface area contributed by atoms with Gasteiger partial charge in [-0.1, -0.05) is 24.4 Å². The van der Waals surface area contributed by atoms with E-state index in [1.54, 1.807) is 0 Å². The third kappa shape index (κ3) is 1.36. The van der Waals surface area contributed by atoms with Crippen LogP contribution in [0.4, 0.5) is 11.4 Å². The predicted molar refractivity (Wildman–Crippen MR) is 55.4 cm³/mol. The number of hydrogen-bond donors (Lipinski definition) is 1. The molecule has 0 bridgehead atoms. The minimum Gasteiger partial charge on any atom is -0.348 e. The first-order chi connectivity index (χ1) is 5.86. The van der Waals surface area contributed by atoms with E-state index in [0.29, 0.717) is 0 Å². The number of nitrogens with one attached hydrogen (secondary N) is 1. The number of nitrogens with zero attached hydrogens (tertiary/aromatic N) is 1. The first kappa shape index (κ1) is 7.43. The summed E-state index contributed by atoms with van der Waals surface area (Å²) >= 11 is 5.07. The Morgan fingerprint density at radius 3 is 3.08 bits per heavy atom. The van der Waals surface area contributed by atoms with Crippen LogP contribution in [0.3, 0.4) is 0 Å². The summed E-state index contributed by atoms with van der Waals surface area (Å²) in [4.78, 5) is 5.09. The zero-order chi connectivity index (χ0) is 8.39. The van der Waals surface area contributed by atoms with E-state index in [9.17, 15) is 0 Å². The van der Waals surface area contributed by atoms with Crippen molar-refractivity contribution in [3.63, 3.8) is 0 Å². The summed E-state index contributed by atoms with van der Waals surface area (Å²) in [6.07, 6.45) is 2.56. The van der Waals surface area contributed by atoms with Crippen LogP contribution in [0.1, 0.15) is 6.42 Å². The van der Waals surface area contributed by atoms with E-state index in [2.05, 4.69) is 10.3 Å². The van der Waals surface area contributed by atoms with Crippen LogP contribution in [0.15, 0.2) is 29.3 Å². The van der Waals surface area contributed by atoms with Gasteiger partial charge < -0.3 is 5.32 Å². The minimum atomic E-state index is 0.726. The van der Waals surface area contributed by atoms with Gasteiger partial charge in [0.25, 0.3) is 0 Å². The average Bonchev–Trinajstić information content (AvgIpc) is 2.25. The van der Waals surface area contributed by atoms with E-state index < -0.39 is 0 Å². The molecule has 2 rings (SSSR count). The Kier molecular flexibility index (Phi) is 1.87. The second-order valence-electron chi connectivity index (χ2n) is 2.58. The highest BCUT2D eigenvalue weighted by Gasteiger charge is 2.04. The van der Waals surface area contributed by atoms with Gasteiger partial charge in [0.2, 0.25) is 0 Å². The van der Waals surface area contributed by atoms with Gasteiger partial charge in [-0.2, -0.15) is 0 Å². The number of hydrogen-bond acceptors (Lipinski definition) is 2. The van der Waals surface area contributed by atoms with E-state index in [1.807, 2.05) is 30.5 Å². The second-order valence-corrected chi connectivity index (χ2v) is 3.07. The van der Waals surface area contributed by atoms with E-state index in [-0.39, 0.29) is 0 Å². The van der Waals surface area contributed by atoms with Crippen LogP contribution >= 0.6 is 12.2 Å². The zero-order valence-electron chi connectivity index (χ0n) is 6.45. The van der Waals surface area contributed by atoms with Crippen molar-refractivity contribution in [3.05, 3.63) is 24.3 Å². The standard InChI is InChI=1S/C9H8N2S/c12-9-5-6-10-7-3-1-2-4-8(7)11-9/h1-4,6H,5H2,(H,11,12). The van der Waals surface area contributed by atoms with Crippen LogP contribution in [0.2, 0.25) is 0 Å². The SMILES string of the molecule is S=C1CC=Nc2ccccc2N1. The fourth-order valence-corrected chi connectivity index (χ4v) is 1.30. The number of anilines is 1. The number of fused-ring (bicyclic) bond motifs is 1. The number of rotatable bonds is 0. The Hall–Kier alpha value is -1.22. The van der Waals surface area contributed by atoms with Crippen LogP contribution in [0.5, 0.6) is 0 Å². The number of thiocarbonyl (C=S) groups is 1. The van der Waals surface area contributed by atoms with Crippen molar-refractivity contribution in [1.82, 2.24) is 0 Å². The third-order valence-electron chi connectivity index (χ3n) is 1.69. The Morgan fingerprint density at radius 2 is 2.17 bits per heavy atom. The summed E-state index contributed by atoms with van der Waals surface area (Å²) in [5.41, 5.74) is 1.95. The van der Waals surface area contributed by atoms with E-state index >= 15 is 0 Å². The monoisotopic (exact) mass is 176 g/mol. The molecule has 0 radical (unpaired) electrons. The van der Waals surface area contributed by atoms with Crippen molar-refractivity contribution in [2.24, 2.45) is 4.99 Å². The minimum absolute atomic E-state index is 0.726. The quantitative estimate of drug-likeness (QED) is 0.614. The van der Waals surface area contributed by atoms with Crippen molar-refractivity contribution in [1.29, 1.82) is 0 Å². The topological polar surface area (TPSA) is 24.4 Å². The molecule has 1 aliphatic heterocycles. The van der Waals surface area contributed by atoms with E-state index in [4.69, 9.17) is 12.2 Å². The predicted octanol–water partition coefficient (Wildman–Crippen LogP) is 2.53. The molecule has 12 heavy (non-hydrogen) atoms. The Labute approximate surface area is 76.3 Å². The molecule has 0 fully saturated rings. The highest BCUT2D eigenvalue weighted by Crippen LogP contribution is 2.25. The molecular weight excluding hydrogens is 168 g/mol. The normalized spacial score (nSPS) is 14.8. The van der Waals surface area contributed by atoms with E-state index in [1.165, 1.54) is 0 Å². The first-order valence-corrected chi connectivity index (χ1v) is 4.18. The van der Waals surface area contributed by atoms with Crippen molar-refractivity contribution < 1.29 is 0 Å². The summed E-state index contributed by atoms with van der Waals surface area (Å²) in [5, 5.41) is 3.13. The summed E-state index contributed by atoms with van der Waals surface area (Å²) in [7, 11) is 0. The summed E-state index contributed by atoms with van der Waals surface area (Å²) in [6, 6.07) is 7.87. The molecule has 0 unspecified atom stereocenters. The van der Waals surface area contributed by atoms with Gasteiger partial charge in [0, 0.05) is 12.6 Å². The van der Waals surface area contributed by atoms with Gasteiger partial charge in [-0.05, 0) is 12.1 Å². The largest absolute Gasteiger partial charge is 0.348 e. The summed E-state index contributed by atoms with van der Waals surface area (Å²) in [6.45, 7) is 0. The molecule has 3 heteroatoms. The molecule has 2 nitrogen and oxygen atoms in total. The molecule has 1 N–H and O–H groups in total. The fraction of sp³-hybridized carbons (Fsp3) is 0.111. The molecule has 0 aliphatic carbocycles. The fourth-order valence-electron chi connectivity index (χ4n) is 1.12. The number of aliphatic imine (C=N–C) groups is 1. The Bertz CT molecular complexity index is 344. The lowest BCUT2D eigenvalue weighted by molar-refractivity contribution is 1.53. The molecule has 0 saturated heterocycles. The number of benzene rings is 1. The van der Waals surface area contributed by atoms with Crippen molar-refractivity contribution >= 4 is 34.8 Å². The van der Waals surface area contributed by atoms with Crippen molar-refractivity contribution in [2.45, 2.75) is 6.42 Å². The van der Waals surface area contributed by atoms with Gasteiger partial charge in [-0.3, -0.25) is 4.99 Å². The molecule has 1 aromatic carbocycles. The highest BCUT2D eigenvalue weighted by molar-refractivity contribution is 7.80. The van der Waals surface area contributed by atoms with Crippen LogP contribution in [0, 0.1) is 0 Å². The maximum absolute atomic E-state index is 5.07. The number of para-hydroxylation sites is 2. The molecule has 0 saturated carbocycles. The van der Waals surface area contributed by atoms with Crippen LogP contribution < -0.4 is 5.32 Å². The van der Waals surface area contributed by atoms with Crippen LogP contribution in [0.25, 0.3) is 0 Å².